The maximum Gasteiger partial charge on any atom is 0.315 e. The van der Waals surface area contributed by atoms with Crippen LogP contribution >= 0.6 is 11.3 Å². The number of halogens is 2. The number of alkyl halides is 2. The molecule has 21 heavy (non-hydrogen) atoms. The average molecular weight is 316 g/mol. The van der Waals surface area contributed by atoms with E-state index < -0.39 is 6.43 Å². The van der Waals surface area contributed by atoms with Gasteiger partial charge in [0.1, 0.15) is 0 Å². The third-order valence-corrected chi connectivity index (χ3v) is 5.02. The van der Waals surface area contributed by atoms with Gasteiger partial charge in [-0.05, 0) is 31.6 Å². The van der Waals surface area contributed by atoms with Crippen molar-refractivity contribution in [2.45, 2.75) is 58.3 Å². The van der Waals surface area contributed by atoms with E-state index in [1.165, 1.54) is 30.7 Å². The third kappa shape index (κ3) is 4.77. The zero-order chi connectivity index (χ0) is 15.2. The summed E-state index contributed by atoms with van der Waals surface area (Å²) in [4.78, 5) is 12.1. The quantitative estimate of drug-likeness (QED) is 0.640. The van der Waals surface area contributed by atoms with Crippen LogP contribution in [0.5, 0.6) is 5.06 Å². The summed E-state index contributed by atoms with van der Waals surface area (Å²) in [5, 5.41) is 1.62. The van der Waals surface area contributed by atoms with Gasteiger partial charge in [-0.2, -0.15) is 0 Å². The number of esters is 1. The number of thiophene rings is 1. The topological polar surface area (TPSA) is 26.3 Å². The van der Waals surface area contributed by atoms with Gasteiger partial charge in [0.15, 0.2) is 5.06 Å². The Bertz CT molecular complexity index is 451. The summed E-state index contributed by atoms with van der Waals surface area (Å²) in [5.41, 5.74) is -0.0777. The van der Waals surface area contributed by atoms with Crippen LogP contribution in [0.25, 0.3) is 0 Å². The van der Waals surface area contributed by atoms with Crippen molar-refractivity contribution in [1.82, 2.24) is 0 Å². The van der Waals surface area contributed by atoms with Crippen LogP contribution in [0.2, 0.25) is 0 Å². The zero-order valence-electron chi connectivity index (χ0n) is 12.3. The van der Waals surface area contributed by atoms with Gasteiger partial charge >= 0.3 is 5.97 Å². The van der Waals surface area contributed by atoms with Crippen LogP contribution in [0.3, 0.4) is 0 Å². The third-order valence-electron chi connectivity index (χ3n) is 4.19. The number of ether oxygens (including phenoxy) is 1. The molecule has 0 saturated heterocycles. The Labute approximate surface area is 128 Å². The van der Waals surface area contributed by atoms with Crippen molar-refractivity contribution in [3.05, 3.63) is 17.0 Å². The highest BCUT2D eigenvalue weighted by molar-refractivity contribution is 7.12. The molecule has 0 N–H and O–H groups in total. The maximum absolute atomic E-state index is 12.5. The van der Waals surface area contributed by atoms with Gasteiger partial charge in [-0.1, -0.05) is 26.2 Å². The Kier molecular flexibility index (Phi) is 6.15. The molecule has 1 fully saturated rings. The molecule has 0 radical (unpaired) electrons. The predicted molar refractivity (Wildman–Crippen MR) is 79.9 cm³/mol. The molecule has 2 rings (SSSR count). The molecule has 0 bridgehead atoms. The molecule has 1 aromatic heterocycles. The number of hydrogen-bond acceptors (Lipinski definition) is 3. The fourth-order valence-electron chi connectivity index (χ4n) is 2.86. The lowest BCUT2D eigenvalue weighted by Gasteiger charge is -2.26. The van der Waals surface area contributed by atoms with Gasteiger partial charge in [0.05, 0.1) is 5.92 Å². The van der Waals surface area contributed by atoms with E-state index in [1.807, 2.05) is 0 Å². The molecule has 118 valence electrons. The van der Waals surface area contributed by atoms with E-state index in [0.717, 1.165) is 42.9 Å². The fourth-order valence-corrected chi connectivity index (χ4v) is 3.62. The van der Waals surface area contributed by atoms with E-state index in [-0.39, 0.29) is 22.5 Å². The van der Waals surface area contributed by atoms with Crippen LogP contribution in [0.4, 0.5) is 8.78 Å². The molecule has 0 spiro atoms. The monoisotopic (exact) mass is 316 g/mol. The molecule has 0 amide bonds. The van der Waals surface area contributed by atoms with Gasteiger partial charge in [-0.25, -0.2) is 8.78 Å². The predicted octanol–water partition coefficient (Wildman–Crippen LogP) is 5.59. The van der Waals surface area contributed by atoms with Crippen LogP contribution < -0.4 is 4.74 Å². The first-order chi connectivity index (χ1) is 10.1. The minimum absolute atomic E-state index is 0.0695. The largest absolute Gasteiger partial charge is 0.415 e. The van der Waals surface area contributed by atoms with Gasteiger partial charge in [0, 0.05) is 17.0 Å². The lowest BCUT2D eigenvalue weighted by atomic mass is 9.80. The van der Waals surface area contributed by atoms with Crippen molar-refractivity contribution in [1.29, 1.82) is 0 Å². The SMILES string of the molecule is CCCC[C@H]1CC[C@H](C(=O)Oc2cc(C(F)F)cs2)CC1. The molecule has 0 unspecified atom stereocenters. The number of unbranched alkanes of at least 4 members (excludes halogenated alkanes) is 1. The molecule has 1 aliphatic carbocycles. The summed E-state index contributed by atoms with van der Waals surface area (Å²) < 4.78 is 30.2. The molecule has 0 aromatic carbocycles. The summed E-state index contributed by atoms with van der Waals surface area (Å²) in [5.74, 6) is 0.410. The maximum atomic E-state index is 12.5. The van der Waals surface area contributed by atoms with E-state index in [2.05, 4.69) is 6.92 Å². The minimum Gasteiger partial charge on any atom is -0.415 e. The van der Waals surface area contributed by atoms with Crippen molar-refractivity contribution in [3.8, 4) is 5.06 Å². The van der Waals surface area contributed by atoms with Gasteiger partial charge < -0.3 is 4.74 Å². The summed E-state index contributed by atoms with van der Waals surface area (Å²) in [6, 6.07) is 1.26. The van der Waals surface area contributed by atoms with Crippen LogP contribution in [0, 0.1) is 11.8 Å². The normalized spacial score (nSPS) is 22.5. The standard InChI is InChI=1S/C16H22F2O2S/c1-2-3-4-11-5-7-12(8-6-11)16(19)20-14-9-13(10-21-14)15(17)18/h9-12,15H,2-8H2,1H3/t11-,12-. The summed E-state index contributed by atoms with van der Waals surface area (Å²) in [6.45, 7) is 2.19. The lowest BCUT2D eigenvalue weighted by Crippen LogP contribution is -2.25. The molecular formula is C16H22F2O2S. The van der Waals surface area contributed by atoms with Crippen molar-refractivity contribution in [2.75, 3.05) is 0 Å². The Morgan fingerprint density at radius 1 is 1.38 bits per heavy atom. The second-order valence-corrected chi connectivity index (χ2v) is 6.65. The van der Waals surface area contributed by atoms with Gasteiger partial charge in [-0.3, -0.25) is 4.79 Å². The first-order valence-electron chi connectivity index (χ1n) is 7.68. The Hall–Kier alpha value is -0.970. The van der Waals surface area contributed by atoms with Crippen molar-refractivity contribution in [3.63, 3.8) is 0 Å². The second kappa shape index (κ2) is 7.87. The van der Waals surface area contributed by atoms with E-state index >= 15 is 0 Å². The molecular weight excluding hydrogens is 294 g/mol. The molecule has 1 aromatic rings. The average Bonchev–Trinajstić information content (AvgIpc) is 2.94. The first kappa shape index (κ1) is 16.4. The van der Waals surface area contributed by atoms with Crippen molar-refractivity contribution in [2.24, 2.45) is 11.8 Å². The van der Waals surface area contributed by atoms with Crippen LogP contribution in [-0.2, 0) is 4.79 Å². The summed E-state index contributed by atoms with van der Waals surface area (Å²) in [6.07, 6.45) is 5.08. The lowest BCUT2D eigenvalue weighted by molar-refractivity contribution is -0.140. The zero-order valence-corrected chi connectivity index (χ0v) is 13.1. The Morgan fingerprint density at radius 2 is 2.10 bits per heavy atom. The smallest absolute Gasteiger partial charge is 0.315 e. The molecule has 0 aliphatic heterocycles. The van der Waals surface area contributed by atoms with Crippen LogP contribution in [-0.4, -0.2) is 5.97 Å². The van der Waals surface area contributed by atoms with E-state index in [1.54, 1.807) is 0 Å². The molecule has 5 heteroatoms. The second-order valence-electron chi connectivity index (χ2n) is 5.78. The number of carbonyl (C=O) groups excluding carboxylic acids is 1. The number of rotatable bonds is 6. The van der Waals surface area contributed by atoms with E-state index in [9.17, 15) is 13.6 Å². The molecule has 1 aliphatic rings. The number of carbonyl (C=O) groups is 1. The Balaban J connectivity index is 1.79. The summed E-state index contributed by atoms with van der Waals surface area (Å²) in [7, 11) is 0. The van der Waals surface area contributed by atoms with Crippen molar-refractivity contribution < 1.29 is 18.3 Å². The Morgan fingerprint density at radius 3 is 2.67 bits per heavy atom. The van der Waals surface area contributed by atoms with Crippen LogP contribution in [0.1, 0.15) is 63.9 Å². The molecule has 0 atom stereocenters. The summed E-state index contributed by atoms with van der Waals surface area (Å²) >= 11 is 1.06. The van der Waals surface area contributed by atoms with Crippen molar-refractivity contribution >= 4 is 17.3 Å². The van der Waals surface area contributed by atoms with Gasteiger partial charge in [-0.15, -0.1) is 11.3 Å². The highest BCUT2D eigenvalue weighted by Gasteiger charge is 2.27. The van der Waals surface area contributed by atoms with E-state index in [4.69, 9.17) is 4.74 Å². The number of hydrogen-bond donors (Lipinski definition) is 0. The molecule has 2 nitrogen and oxygen atoms in total. The fraction of sp³-hybridized carbons (Fsp3) is 0.688. The highest BCUT2D eigenvalue weighted by Crippen LogP contribution is 2.34. The van der Waals surface area contributed by atoms with Gasteiger partial charge in [0.25, 0.3) is 6.43 Å². The minimum atomic E-state index is -2.51. The molecule has 1 heterocycles. The molecule has 1 saturated carbocycles. The first-order valence-corrected chi connectivity index (χ1v) is 8.56. The highest BCUT2D eigenvalue weighted by atomic mass is 32.1. The van der Waals surface area contributed by atoms with E-state index in [0.29, 0.717) is 0 Å². The van der Waals surface area contributed by atoms with Crippen LogP contribution in [0.15, 0.2) is 11.4 Å². The van der Waals surface area contributed by atoms with Gasteiger partial charge in [0.2, 0.25) is 0 Å².